The highest BCUT2D eigenvalue weighted by Gasteiger charge is 2.09. The highest BCUT2D eigenvalue weighted by Crippen LogP contribution is 2.20. The van der Waals surface area contributed by atoms with E-state index < -0.39 is 5.97 Å². The third-order valence-corrected chi connectivity index (χ3v) is 3.14. The van der Waals surface area contributed by atoms with Gasteiger partial charge < -0.3 is 10.0 Å². The molecule has 0 fully saturated rings. The SMILES string of the molecule is CN(Cc1ccccc1Cl)c1ccnc(C(=O)O)c1. The van der Waals surface area contributed by atoms with Gasteiger partial charge in [-0.15, -0.1) is 0 Å². The van der Waals surface area contributed by atoms with Crippen molar-refractivity contribution >= 4 is 23.3 Å². The number of halogens is 1. The van der Waals surface area contributed by atoms with E-state index in [-0.39, 0.29) is 5.69 Å². The van der Waals surface area contributed by atoms with Crippen LogP contribution < -0.4 is 4.90 Å². The van der Waals surface area contributed by atoms with Crippen molar-refractivity contribution in [3.63, 3.8) is 0 Å². The van der Waals surface area contributed by atoms with Crippen LogP contribution in [0.3, 0.4) is 0 Å². The molecule has 0 unspecified atom stereocenters. The number of carboxylic acid groups (broad SMARTS) is 1. The van der Waals surface area contributed by atoms with Crippen LogP contribution in [0.5, 0.6) is 0 Å². The number of nitrogens with zero attached hydrogens (tertiary/aromatic N) is 2. The van der Waals surface area contributed by atoms with Gasteiger partial charge in [-0.2, -0.15) is 0 Å². The van der Waals surface area contributed by atoms with Crippen LogP contribution in [-0.2, 0) is 6.54 Å². The summed E-state index contributed by atoms with van der Waals surface area (Å²) >= 11 is 6.10. The molecule has 0 bridgehead atoms. The molecule has 0 saturated carbocycles. The summed E-state index contributed by atoms with van der Waals surface area (Å²) in [5, 5.41) is 9.62. The fourth-order valence-corrected chi connectivity index (χ4v) is 1.94. The van der Waals surface area contributed by atoms with Crippen molar-refractivity contribution < 1.29 is 9.90 Å². The summed E-state index contributed by atoms with van der Waals surface area (Å²) in [7, 11) is 1.88. The summed E-state index contributed by atoms with van der Waals surface area (Å²) in [6.07, 6.45) is 1.49. The molecule has 0 aliphatic heterocycles. The van der Waals surface area contributed by atoms with Crippen molar-refractivity contribution in [1.82, 2.24) is 4.98 Å². The molecule has 1 N–H and O–H groups in total. The largest absolute Gasteiger partial charge is 0.477 e. The van der Waals surface area contributed by atoms with Gasteiger partial charge in [0.15, 0.2) is 0 Å². The molecule has 0 amide bonds. The van der Waals surface area contributed by atoms with E-state index in [1.165, 1.54) is 6.20 Å². The molecule has 19 heavy (non-hydrogen) atoms. The van der Waals surface area contributed by atoms with Crippen LogP contribution in [0.2, 0.25) is 5.02 Å². The normalized spacial score (nSPS) is 10.2. The van der Waals surface area contributed by atoms with Gasteiger partial charge in [0.05, 0.1) is 0 Å². The first kappa shape index (κ1) is 13.4. The molecule has 0 aliphatic carbocycles. The van der Waals surface area contributed by atoms with Gasteiger partial charge in [-0.1, -0.05) is 29.8 Å². The predicted molar refractivity (Wildman–Crippen MR) is 74.8 cm³/mol. The van der Waals surface area contributed by atoms with Gasteiger partial charge in [-0.3, -0.25) is 0 Å². The van der Waals surface area contributed by atoms with Crippen LogP contribution in [0.25, 0.3) is 0 Å². The second kappa shape index (κ2) is 5.71. The van der Waals surface area contributed by atoms with Crippen molar-refractivity contribution in [3.05, 3.63) is 58.9 Å². The van der Waals surface area contributed by atoms with Crippen LogP contribution in [0.1, 0.15) is 16.1 Å². The van der Waals surface area contributed by atoms with Crippen LogP contribution in [-0.4, -0.2) is 23.1 Å². The minimum atomic E-state index is -1.03. The molecule has 0 radical (unpaired) electrons. The first-order valence-electron chi connectivity index (χ1n) is 5.72. The highest BCUT2D eigenvalue weighted by molar-refractivity contribution is 6.31. The molecule has 98 valence electrons. The maximum Gasteiger partial charge on any atom is 0.354 e. The van der Waals surface area contributed by atoms with Crippen LogP contribution in [0, 0.1) is 0 Å². The Morgan fingerprint density at radius 2 is 2.11 bits per heavy atom. The van der Waals surface area contributed by atoms with Gasteiger partial charge in [0.2, 0.25) is 0 Å². The third kappa shape index (κ3) is 3.23. The Morgan fingerprint density at radius 3 is 2.79 bits per heavy atom. The Hall–Kier alpha value is -2.07. The molecule has 5 heteroatoms. The average Bonchev–Trinajstić information content (AvgIpc) is 2.41. The number of aromatic carboxylic acids is 1. The molecule has 0 spiro atoms. The number of aromatic nitrogens is 1. The van der Waals surface area contributed by atoms with E-state index >= 15 is 0 Å². The van der Waals surface area contributed by atoms with Crippen molar-refractivity contribution in [2.75, 3.05) is 11.9 Å². The first-order valence-corrected chi connectivity index (χ1v) is 6.09. The molecule has 1 aromatic heterocycles. The molecule has 4 nitrogen and oxygen atoms in total. The predicted octanol–water partition coefficient (Wildman–Crippen LogP) is 3.07. The quantitative estimate of drug-likeness (QED) is 0.932. The molecule has 0 saturated heterocycles. The fraction of sp³-hybridized carbons (Fsp3) is 0.143. The van der Waals surface area contributed by atoms with E-state index in [0.717, 1.165) is 11.3 Å². The number of anilines is 1. The van der Waals surface area contributed by atoms with Crippen molar-refractivity contribution in [1.29, 1.82) is 0 Å². The van der Waals surface area contributed by atoms with E-state index in [4.69, 9.17) is 16.7 Å². The molecular formula is C14H13ClN2O2. The lowest BCUT2D eigenvalue weighted by molar-refractivity contribution is 0.0690. The molecule has 2 rings (SSSR count). The Kier molecular flexibility index (Phi) is 4.02. The number of rotatable bonds is 4. The second-order valence-corrected chi connectivity index (χ2v) is 4.56. The summed E-state index contributed by atoms with van der Waals surface area (Å²) in [5.74, 6) is -1.03. The molecule has 0 aliphatic rings. The monoisotopic (exact) mass is 276 g/mol. The van der Waals surface area contributed by atoms with Gasteiger partial charge in [-0.25, -0.2) is 9.78 Å². The van der Waals surface area contributed by atoms with Gasteiger partial charge in [0, 0.05) is 30.5 Å². The Bertz CT molecular complexity index is 602. The fourth-order valence-electron chi connectivity index (χ4n) is 1.75. The second-order valence-electron chi connectivity index (χ2n) is 4.15. The number of hydrogen-bond acceptors (Lipinski definition) is 3. The zero-order chi connectivity index (χ0) is 13.8. The van der Waals surface area contributed by atoms with Crippen LogP contribution in [0.15, 0.2) is 42.6 Å². The molecule has 1 heterocycles. The Morgan fingerprint density at radius 1 is 1.37 bits per heavy atom. The van der Waals surface area contributed by atoms with Gasteiger partial charge in [0.1, 0.15) is 5.69 Å². The lowest BCUT2D eigenvalue weighted by Crippen LogP contribution is -2.17. The standard InChI is InChI=1S/C14H13ClN2O2/c1-17(9-10-4-2-3-5-12(10)15)11-6-7-16-13(8-11)14(18)19/h2-8H,9H2,1H3,(H,18,19). The zero-order valence-electron chi connectivity index (χ0n) is 10.4. The smallest absolute Gasteiger partial charge is 0.354 e. The van der Waals surface area contributed by atoms with Crippen LogP contribution in [0.4, 0.5) is 5.69 Å². The molecule has 0 atom stereocenters. The van der Waals surface area contributed by atoms with E-state index in [2.05, 4.69) is 4.98 Å². The third-order valence-electron chi connectivity index (χ3n) is 2.77. The minimum Gasteiger partial charge on any atom is -0.477 e. The van der Waals surface area contributed by atoms with Gasteiger partial charge in [-0.05, 0) is 23.8 Å². The Balaban J connectivity index is 2.20. The summed E-state index contributed by atoms with van der Waals surface area (Å²) in [6.45, 7) is 0.600. The lowest BCUT2D eigenvalue weighted by atomic mass is 10.2. The molecule has 1 aromatic carbocycles. The number of benzene rings is 1. The maximum absolute atomic E-state index is 10.9. The van der Waals surface area contributed by atoms with Crippen molar-refractivity contribution in [2.24, 2.45) is 0 Å². The first-order chi connectivity index (χ1) is 9.08. The van der Waals surface area contributed by atoms with Gasteiger partial charge in [0.25, 0.3) is 0 Å². The van der Waals surface area contributed by atoms with E-state index in [1.54, 1.807) is 12.1 Å². The highest BCUT2D eigenvalue weighted by atomic mass is 35.5. The van der Waals surface area contributed by atoms with E-state index in [1.807, 2.05) is 36.2 Å². The van der Waals surface area contributed by atoms with E-state index in [0.29, 0.717) is 11.6 Å². The summed E-state index contributed by atoms with van der Waals surface area (Å²) in [4.78, 5) is 16.6. The zero-order valence-corrected chi connectivity index (χ0v) is 11.1. The number of hydrogen-bond donors (Lipinski definition) is 1. The minimum absolute atomic E-state index is 0.0310. The van der Waals surface area contributed by atoms with E-state index in [9.17, 15) is 4.79 Å². The van der Waals surface area contributed by atoms with Crippen LogP contribution >= 0.6 is 11.6 Å². The van der Waals surface area contributed by atoms with Gasteiger partial charge >= 0.3 is 5.97 Å². The van der Waals surface area contributed by atoms with Crippen molar-refractivity contribution in [2.45, 2.75) is 6.54 Å². The number of carbonyl (C=O) groups is 1. The summed E-state index contributed by atoms with van der Waals surface area (Å²) in [5.41, 5.74) is 1.80. The number of pyridine rings is 1. The molecular weight excluding hydrogens is 264 g/mol. The lowest BCUT2D eigenvalue weighted by Gasteiger charge is -2.20. The van der Waals surface area contributed by atoms with Crippen molar-refractivity contribution in [3.8, 4) is 0 Å². The average molecular weight is 277 g/mol. The summed E-state index contributed by atoms with van der Waals surface area (Å²) in [6, 6.07) is 10.9. The number of carboxylic acids is 1. The Labute approximate surface area is 116 Å². The summed E-state index contributed by atoms with van der Waals surface area (Å²) < 4.78 is 0. The maximum atomic E-state index is 10.9. The topological polar surface area (TPSA) is 53.4 Å². The molecule has 2 aromatic rings.